The van der Waals surface area contributed by atoms with Crippen LogP contribution in [0.15, 0.2) is 23.1 Å². The Hall–Kier alpha value is -1.03. The van der Waals surface area contributed by atoms with Crippen LogP contribution in [-0.4, -0.2) is 61.9 Å². The predicted octanol–water partition coefficient (Wildman–Crippen LogP) is 2.09. The Bertz CT molecular complexity index is 779. The van der Waals surface area contributed by atoms with Crippen molar-refractivity contribution in [3.05, 3.63) is 29.0 Å². The predicted molar refractivity (Wildman–Crippen MR) is 101 cm³/mol. The summed E-state index contributed by atoms with van der Waals surface area (Å²) >= 11 is 7.53. The fourth-order valence-electron chi connectivity index (χ4n) is 3.22. The van der Waals surface area contributed by atoms with Crippen LogP contribution in [0.1, 0.15) is 12.8 Å². The van der Waals surface area contributed by atoms with E-state index in [-0.39, 0.29) is 18.0 Å². The van der Waals surface area contributed by atoms with Crippen LogP contribution in [0.3, 0.4) is 0 Å². The lowest BCUT2D eigenvalue weighted by molar-refractivity contribution is 0.191. The summed E-state index contributed by atoms with van der Waals surface area (Å²) < 4.78 is 41.1. The molecule has 10 heteroatoms. The summed E-state index contributed by atoms with van der Waals surface area (Å²) in [6, 6.07) is 3.45. The summed E-state index contributed by atoms with van der Waals surface area (Å²) in [6.07, 6.45) is 0.764. The van der Waals surface area contributed by atoms with Crippen LogP contribution in [0, 0.1) is 5.82 Å². The molecule has 0 radical (unpaired) electrons. The lowest BCUT2D eigenvalue weighted by Crippen LogP contribution is -2.64. The third-order valence-electron chi connectivity index (χ3n) is 4.70. The number of piperidine rings is 1. The molecule has 2 heterocycles. The number of hydrogen-bond acceptors (Lipinski definition) is 5. The molecule has 0 aromatic heterocycles. The smallest absolute Gasteiger partial charge is 0.318 e. The minimum absolute atomic E-state index is 0.0234. The fraction of sp³-hybridized carbons (Fsp3) is 0.562. The number of carbonyl (C=O) groups is 1. The standard InChI is InChI=1S/C16H21ClFN3O3S2/c17-12-3-1-4-13(14(12)18)26(23,24)16(5-2-6-19-11-16)20-15(22)21-7-9-25-10-8-21/h1,3-4,19H,2,5-11H2,(H,20,22)/t16-/m0/s1. The van der Waals surface area contributed by atoms with Gasteiger partial charge in [0.25, 0.3) is 0 Å². The monoisotopic (exact) mass is 421 g/mol. The second kappa shape index (κ2) is 7.92. The van der Waals surface area contributed by atoms with Gasteiger partial charge in [0.1, 0.15) is 4.90 Å². The first-order chi connectivity index (χ1) is 12.4. The van der Waals surface area contributed by atoms with Crippen molar-refractivity contribution in [2.45, 2.75) is 22.6 Å². The maximum Gasteiger partial charge on any atom is 0.318 e. The number of nitrogens with one attached hydrogen (secondary N) is 2. The lowest BCUT2D eigenvalue weighted by Gasteiger charge is -2.39. The molecule has 2 saturated heterocycles. The van der Waals surface area contributed by atoms with Crippen molar-refractivity contribution >= 4 is 39.2 Å². The molecule has 6 nitrogen and oxygen atoms in total. The van der Waals surface area contributed by atoms with Crippen molar-refractivity contribution in [1.82, 2.24) is 15.5 Å². The van der Waals surface area contributed by atoms with Gasteiger partial charge < -0.3 is 15.5 Å². The van der Waals surface area contributed by atoms with Crippen LogP contribution in [0.25, 0.3) is 0 Å². The van der Waals surface area contributed by atoms with E-state index in [1.54, 1.807) is 16.7 Å². The summed E-state index contributed by atoms with van der Waals surface area (Å²) in [5, 5.41) is 5.47. The molecule has 0 unspecified atom stereocenters. The molecule has 3 rings (SSSR count). The van der Waals surface area contributed by atoms with Crippen LogP contribution in [0.2, 0.25) is 5.02 Å². The van der Waals surface area contributed by atoms with E-state index in [2.05, 4.69) is 10.6 Å². The Morgan fingerprint density at radius 3 is 2.73 bits per heavy atom. The maximum atomic E-state index is 14.5. The molecule has 2 N–H and O–H groups in total. The van der Waals surface area contributed by atoms with Gasteiger partial charge in [-0.05, 0) is 31.5 Å². The first-order valence-corrected chi connectivity index (χ1v) is 11.4. The van der Waals surface area contributed by atoms with Gasteiger partial charge >= 0.3 is 6.03 Å². The molecule has 2 amide bonds. The van der Waals surface area contributed by atoms with Gasteiger partial charge in [0.05, 0.1) is 5.02 Å². The van der Waals surface area contributed by atoms with Gasteiger partial charge in [-0.15, -0.1) is 0 Å². The molecule has 2 aliphatic rings. The third-order valence-corrected chi connectivity index (χ3v) is 8.31. The first kappa shape index (κ1) is 19.7. The molecular weight excluding hydrogens is 401 g/mol. The Kier molecular flexibility index (Phi) is 6.01. The lowest BCUT2D eigenvalue weighted by atomic mass is 10.1. The SMILES string of the molecule is O=C(N[C@]1(S(=O)(=O)c2cccc(Cl)c2F)CCCNC1)N1CCSCC1. The second-order valence-corrected chi connectivity index (χ2v) is 10.2. The van der Waals surface area contributed by atoms with E-state index in [4.69, 9.17) is 11.6 Å². The van der Waals surface area contributed by atoms with Crippen molar-refractivity contribution in [3.63, 3.8) is 0 Å². The first-order valence-electron chi connectivity index (χ1n) is 8.42. The molecule has 1 aromatic rings. The minimum Gasteiger partial charge on any atom is -0.323 e. The Morgan fingerprint density at radius 2 is 2.08 bits per heavy atom. The third kappa shape index (κ3) is 3.67. The van der Waals surface area contributed by atoms with Crippen molar-refractivity contribution in [2.75, 3.05) is 37.7 Å². The topological polar surface area (TPSA) is 78.5 Å². The highest BCUT2D eigenvalue weighted by Crippen LogP contribution is 2.33. The van der Waals surface area contributed by atoms with Crippen LogP contribution in [0.5, 0.6) is 0 Å². The minimum atomic E-state index is -4.20. The number of urea groups is 1. The summed E-state index contributed by atoms with van der Waals surface area (Å²) in [7, 11) is -4.20. The molecule has 0 saturated carbocycles. The Morgan fingerprint density at radius 1 is 1.35 bits per heavy atom. The van der Waals surface area contributed by atoms with E-state index in [0.29, 0.717) is 26.1 Å². The van der Waals surface area contributed by atoms with Gasteiger partial charge in [0.15, 0.2) is 10.7 Å². The van der Waals surface area contributed by atoms with E-state index in [0.717, 1.165) is 11.5 Å². The quantitative estimate of drug-likeness (QED) is 0.781. The number of hydrogen-bond donors (Lipinski definition) is 2. The number of amides is 2. The van der Waals surface area contributed by atoms with Gasteiger partial charge in [0, 0.05) is 31.1 Å². The second-order valence-electron chi connectivity index (χ2n) is 6.36. The molecule has 144 valence electrons. The largest absolute Gasteiger partial charge is 0.323 e. The van der Waals surface area contributed by atoms with Crippen LogP contribution in [-0.2, 0) is 9.84 Å². The number of halogens is 2. The highest BCUT2D eigenvalue weighted by Gasteiger charge is 2.48. The normalized spacial score (nSPS) is 24.3. The average Bonchev–Trinajstić information content (AvgIpc) is 2.65. The van der Waals surface area contributed by atoms with Gasteiger partial charge in [-0.2, -0.15) is 11.8 Å². The molecule has 2 fully saturated rings. The fourth-order valence-corrected chi connectivity index (χ4v) is 6.31. The van der Waals surface area contributed by atoms with E-state index >= 15 is 0 Å². The Labute approximate surface area is 161 Å². The Balaban J connectivity index is 1.96. The number of rotatable bonds is 3. The molecule has 26 heavy (non-hydrogen) atoms. The summed E-state index contributed by atoms with van der Waals surface area (Å²) in [4.78, 5) is 12.2. The van der Waals surface area contributed by atoms with Gasteiger partial charge in [-0.3, -0.25) is 0 Å². The van der Waals surface area contributed by atoms with E-state index in [9.17, 15) is 17.6 Å². The average molecular weight is 422 g/mol. The van der Waals surface area contributed by atoms with Crippen molar-refractivity contribution < 1.29 is 17.6 Å². The summed E-state index contributed by atoms with van der Waals surface area (Å²) in [6.45, 7) is 1.79. The van der Waals surface area contributed by atoms with Crippen molar-refractivity contribution in [3.8, 4) is 0 Å². The highest BCUT2D eigenvalue weighted by atomic mass is 35.5. The van der Waals surface area contributed by atoms with E-state index in [1.165, 1.54) is 18.2 Å². The number of thioether (sulfide) groups is 1. The summed E-state index contributed by atoms with van der Waals surface area (Å²) in [5.41, 5.74) is 0. The van der Waals surface area contributed by atoms with Gasteiger partial charge in [0.2, 0.25) is 9.84 Å². The van der Waals surface area contributed by atoms with Crippen molar-refractivity contribution in [2.24, 2.45) is 0 Å². The van der Waals surface area contributed by atoms with E-state index < -0.39 is 31.5 Å². The van der Waals surface area contributed by atoms with Crippen molar-refractivity contribution in [1.29, 1.82) is 0 Å². The zero-order valence-electron chi connectivity index (χ0n) is 14.1. The van der Waals surface area contributed by atoms with Crippen LogP contribution < -0.4 is 10.6 Å². The van der Waals surface area contributed by atoms with Gasteiger partial charge in [-0.1, -0.05) is 17.7 Å². The zero-order valence-corrected chi connectivity index (χ0v) is 16.5. The number of nitrogens with zero attached hydrogens (tertiary/aromatic N) is 1. The van der Waals surface area contributed by atoms with E-state index in [1.807, 2.05) is 0 Å². The number of carbonyl (C=O) groups excluding carboxylic acids is 1. The molecular formula is C16H21ClFN3O3S2. The molecule has 1 atom stereocenters. The van der Waals surface area contributed by atoms with Crippen LogP contribution >= 0.6 is 23.4 Å². The molecule has 1 aromatic carbocycles. The molecule has 0 aliphatic carbocycles. The number of sulfone groups is 1. The maximum absolute atomic E-state index is 14.5. The number of benzene rings is 1. The van der Waals surface area contributed by atoms with Crippen LogP contribution in [0.4, 0.5) is 9.18 Å². The molecule has 0 bridgehead atoms. The zero-order chi connectivity index (χ0) is 18.8. The van der Waals surface area contributed by atoms with Gasteiger partial charge in [-0.25, -0.2) is 17.6 Å². The summed E-state index contributed by atoms with van der Waals surface area (Å²) in [5.74, 6) is 0.644. The molecule has 0 spiro atoms. The highest BCUT2D eigenvalue weighted by molar-refractivity contribution is 7.99. The molecule has 2 aliphatic heterocycles.